The quantitative estimate of drug-likeness (QED) is 0.581. The van der Waals surface area contributed by atoms with Gasteiger partial charge in [-0.2, -0.15) is 0 Å². The standard InChI is InChI=1S/C19H20N4O2S2/c1-2-8-23-18(25)14(27-19(23)26)12-13-16(21-9-5-6-10-21)20-15-7-3-4-11-22(15)17(13)24/h3-4,7,11-12H,2,5-6,8-10H2,1H3/b14-12-. The molecule has 0 aliphatic carbocycles. The lowest BCUT2D eigenvalue weighted by Gasteiger charge is -2.19. The van der Waals surface area contributed by atoms with Crippen molar-refractivity contribution in [1.29, 1.82) is 0 Å². The van der Waals surface area contributed by atoms with Crippen LogP contribution in [0.1, 0.15) is 31.7 Å². The largest absolute Gasteiger partial charge is 0.356 e. The highest BCUT2D eigenvalue weighted by Gasteiger charge is 2.32. The topological polar surface area (TPSA) is 57.9 Å². The van der Waals surface area contributed by atoms with Gasteiger partial charge in [0.15, 0.2) is 0 Å². The number of anilines is 1. The van der Waals surface area contributed by atoms with Crippen LogP contribution < -0.4 is 10.5 Å². The van der Waals surface area contributed by atoms with E-state index in [1.807, 2.05) is 19.1 Å². The average molecular weight is 401 g/mol. The van der Waals surface area contributed by atoms with Gasteiger partial charge in [-0.15, -0.1) is 0 Å². The number of rotatable bonds is 4. The number of carbonyl (C=O) groups excluding carboxylic acids is 1. The first kappa shape index (κ1) is 18.2. The third kappa shape index (κ3) is 3.27. The molecule has 0 unspecified atom stereocenters. The second-order valence-corrected chi connectivity index (χ2v) is 8.29. The molecule has 0 spiro atoms. The van der Waals surface area contributed by atoms with E-state index in [-0.39, 0.29) is 11.5 Å². The van der Waals surface area contributed by atoms with E-state index in [0.29, 0.717) is 32.8 Å². The van der Waals surface area contributed by atoms with Crippen molar-refractivity contribution in [2.75, 3.05) is 24.5 Å². The Morgan fingerprint density at radius 3 is 2.78 bits per heavy atom. The number of aromatic nitrogens is 2. The molecular weight excluding hydrogens is 380 g/mol. The van der Waals surface area contributed by atoms with E-state index < -0.39 is 0 Å². The third-order valence-electron chi connectivity index (χ3n) is 4.75. The van der Waals surface area contributed by atoms with Crippen molar-refractivity contribution < 1.29 is 4.79 Å². The molecule has 4 heterocycles. The summed E-state index contributed by atoms with van der Waals surface area (Å²) in [4.78, 5) is 34.9. The second-order valence-electron chi connectivity index (χ2n) is 6.61. The van der Waals surface area contributed by atoms with Gasteiger partial charge in [-0.25, -0.2) is 4.98 Å². The number of pyridine rings is 1. The van der Waals surface area contributed by atoms with E-state index in [2.05, 4.69) is 4.90 Å². The Balaban J connectivity index is 1.86. The number of hydrogen-bond donors (Lipinski definition) is 0. The summed E-state index contributed by atoms with van der Waals surface area (Å²) in [6.07, 6.45) is 6.37. The van der Waals surface area contributed by atoms with E-state index >= 15 is 0 Å². The molecule has 4 rings (SSSR count). The predicted octanol–water partition coefficient (Wildman–Crippen LogP) is 2.91. The molecule has 0 N–H and O–H groups in total. The molecule has 27 heavy (non-hydrogen) atoms. The summed E-state index contributed by atoms with van der Waals surface area (Å²) in [6.45, 7) is 4.34. The Morgan fingerprint density at radius 1 is 1.26 bits per heavy atom. The molecule has 0 saturated carbocycles. The van der Waals surface area contributed by atoms with Crippen molar-refractivity contribution >= 4 is 51.7 Å². The lowest BCUT2D eigenvalue weighted by molar-refractivity contribution is -0.122. The van der Waals surface area contributed by atoms with Crippen LogP contribution in [0.4, 0.5) is 5.82 Å². The van der Waals surface area contributed by atoms with Gasteiger partial charge in [-0.1, -0.05) is 37.0 Å². The third-order valence-corrected chi connectivity index (χ3v) is 6.13. The molecule has 2 aliphatic rings. The maximum absolute atomic E-state index is 13.2. The fraction of sp³-hybridized carbons (Fsp3) is 0.368. The zero-order valence-electron chi connectivity index (χ0n) is 15.1. The number of carbonyl (C=O) groups is 1. The molecule has 0 radical (unpaired) electrons. The summed E-state index contributed by atoms with van der Waals surface area (Å²) in [5.41, 5.74) is 0.904. The Bertz CT molecular complexity index is 1010. The van der Waals surface area contributed by atoms with Crippen LogP contribution in [0.2, 0.25) is 0 Å². The van der Waals surface area contributed by atoms with Crippen molar-refractivity contribution in [1.82, 2.24) is 14.3 Å². The molecule has 0 aromatic carbocycles. The highest BCUT2D eigenvalue weighted by molar-refractivity contribution is 8.26. The second kappa shape index (κ2) is 7.44. The van der Waals surface area contributed by atoms with Crippen LogP contribution in [-0.4, -0.2) is 44.1 Å². The number of fused-ring (bicyclic) bond motifs is 1. The smallest absolute Gasteiger partial charge is 0.267 e. The molecule has 1 amide bonds. The van der Waals surface area contributed by atoms with E-state index in [1.165, 1.54) is 16.2 Å². The van der Waals surface area contributed by atoms with Crippen molar-refractivity contribution in [3.05, 3.63) is 45.2 Å². The molecule has 2 aromatic rings. The van der Waals surface area contributed by atoms with Gasteiger partial charge in [0.05, 0.1) is 10.5 Å². The van der Waals surface area contributed by atoms with Crippen LogP contribution in [0.3, 0.4) is 0 Å². The first-order valence-electron chi connectivity index (χ1n) is 9.12. The summed E-state index contributed by atoms with van der Waals surface area (Å²) in [5, 5.41) is 0. The maximum atomic E-state index is 13.2. The van der Waals surface area contributed by atoms with Gasteiger partial charge in [0.25, 0.3) is 11.5 Å². The lowest BCUT2D eigenvalue weighted by atomic mass is 10.2. The monoisotopic (exact) mass is 400 g/mol. The fourth-order valence-corrected chi connectivity index (χ4v) is 4.73. The van der Waals surface area contributed by atoms with E-state index in [0.717, 1.165) is 32.4 Å². The summed E-state index contributed by atoms with van der Waals surface area (Å²) in [5.74, 6) is 0.529. The highest BCUT2D eigenvalue weighted by Crippen LogP contribution is 2.33. The van der Waals surface area contributed by atoms with Crippen molar-refractivity contribution in [3.8, 4) is 0 Å². The Hall–Kier alpha value is -2.19. The Morgan fingerprint density at radius 2 is 2.04 bits per heavy atom. The number of hydrogen-bond acceptors (Lipinski definition) is 6. The zero-order chi connectivity index (χ0) is 19.0. The average Bonchev–Trinajstić information content (AvgIpc) is 3.29. The summed E-state index contributed by atoms with van der Waals surface area (Å²) in [7, 11) is 0. The van der Waals surface area contributed by atoms with Crippen molar-refractivity contribution in [2.45, 2.75) is 26.2 Å². The Labute approximate surface area is 166 Å². The number of thioether (sulfide) groups is 1. The fourth-order valence-electron chi connectivity index (χ4n) is 3.43. The molecule has 8 heteroatoms. The molecular formula is C19H20N4O2S2. The SMILES string of the molecule is CCCN1C(=O)/C(=C/c2c(N3CCCC3)nc3ccccn3c2=O)SC1=S. The zero-order valence-corrected chi connectivity index (χ0v) is 16.7. The molecule has 6 nitrogen and oxygen atoms in total. The van der Waals surface area contributed by atoms with E-state index in [1.54, 1.807) is 23.2 Å². The van der Waals surface area contributed by atoms with Crippen molar-refractivity contribution in [2.24, 2.45) is 0 Å². The van der Waals surface area contributed by atoms with Crippen molar-refractivity contribution in [3.63, 3.8) is 0 Å². The van der Waals surface area contributed by atoms with Crippen LogP contribution >= 0.6 is 24.0 Å². The first-order chi connectivity index (χ1) is 13.1. The summed E-state index contributed by atoms with van der Waals surface area (Å²) in [6, 6.07) is 5.49. The first-order valence-corrected chi connectivity index (χ1v) is 10.3. The number of nitrogens with zero attached hydrogens (tertiary/aromatic N) is 4. The molecule has 2 saturated heterocycles. The number of amides is 1. The minimum atomic E-state index is -0.164. The van der Waals surface area contributed by atoms with Gasteiger partial charge in [0, 0.05) is 25.8 Å². The summed E-state index contributed by atoms with van der Waals surface area (Å²) < 4.78 is 2.07. The van der Waals surface area contributed by atoms with Gasteiger partial charge in [-0.3, -0.25) is 18.9 Å². The normalized spacial score (nSPS) is 19.1. The molecule has 140 valence electrons. The lowest BCUT2D eigenvalue weighted by Crippen LogP contribution is -2.29. The van der Waals surface area contributed by atoms with Crippen LogP contribution in [0.5, 0.6) is 0 Å². The maximum Gasteiger partial charge on any atom is 0.267 e. The van der Waals surface area contributed by atoms with Gasteiger partial charge in [-0.05, 0) is 37.5 Å². The predicted molar refractivity (Wildman–Crippen MR) is 113 cm³/mol. The Kier molecular flexibility index (Phi) is 5.01. The van der Waals surface area contributed by atoms with Crippen LogP contribution in [-0.2, 0) is 4.79 Å². The minimum Gasteiger partial charge on any atom is -0.356 e. The minimum absolute atomic E-state index is 0.128. The van der Waals surface area contributed by atoms with Gasteiger partial charge < -0.3 is 4.90 Å². The molecule has 2 aromatic heterocycles. The molecule has 2 fully saturated rings. The van der Waals surface area contributed by atoms with Crippen LogP contribution in [0.15, 0.2) is 34.1 Å². The highest BCUT2D eigenvalue weighted by atomic mass is 32.2. The van der Waals surface area contributed by atoms with Gasteiger partial charge >= 0.3 is 0 Å². The van der Waals surface area contributed by atoms with Crippen LogP contribution in [0, 0.1) is 0 Å². The summed E-state index contributed by atoms with van der Waals surface area (Å²) >= 11 is 6.60. The molecule has 2 aliphatic heterocycles. The van der Waals surface area contributed by atoms with Crippen LogP contribution in [0.25, 0.3) is 11.7 Å². The van der Waals surface area contributed by atoms with Gasteiger partial charge in [0.2, 0.25) is 0 Å². The number of thiocarbonyl (C=S) groups is 1. The van der Waals surface area contributed by atoms with E-state index in [9.17, 15) is 9.59 Å². The van der Waals surface area contributed by atoms with E-state index in [4.69, 9.17) is 17.2 Å². The molecule has 0 atom stereocenters. The van der Waals surface area contributed by atoms with Gasteiger partial charge in [0.1, 0.15) is 15.8 Å². The molecule has 0 bridgehead atoms.